The van der Waals surface area contributed by atoms with E-state index in [4.69, 9.17) is 5.73 Å². The number of hydrogen-bond donors (Lipinski definition) is 1. The smallest absolute Gasteiger partial charge is 0.153 e. The highest BCUT2D eigenvalue weighted by Crippen LogP contribution is 2.29. The molecule has 0 saturated heterocycles. The molecule has 0 aromatic carbocycles. The maximum absolute atomic E-state index is 12.2. The van der Waals surface area contributed by atoms with Crippen molar-refractivity contribution in [1.82, 2.24) is 0 Å². The highest BCUT2D eigenvalue weighted by molar-refractivity contribution is 7.92. The van der Waals surface area contributed by atoms with Crippen molar-refractivity contribution in [3.05, 3.63) is 0 Å². The fourth-order valence-electron chi connectivity index (χ4n) is 2.42. The molecule has 0 aromatic rings. The predicted molar refractivity (Wildman–Crippen MR) is 72.9 cm³/mol. The van der Waals surface area contributed by atoms with Gasteiger partial charge in [0.15, 0.2) is 9.84 Å². The molecule has 0 spiro atoms. The molecule has 0 aliphatic heterocycles. The van der Waals surface area contributed by atoms with Gasteiger partial charge < -0.3 is 5.73 Å². The summed E-state index contributed by atoms with van der Waals surface area (Å²) in [5.41, 5.74) is 5.44. The van der Waals surface area contributed by atoms with E-state index in [1.807, 2.05) is 0 Å². The molecule has 3 atom stereocenters. The van der Waals surface area contributed by atoms with Gasteiger partial charge in [0.2, 0.25) is 0 Å². The highest BCUT2D eigenvalue weighted by Gasteiger charge is 2.36. The maximum Gasteiger partial charge on any atom is 0.153 e. The molecule has 7 heteroatoms. The lowest BCUT2D eigenvalue weighted by Crippen LogP contribution is -2.37. The summed E-state index contributed by atoms with van der Waals surface area (Å²) in [5, 5.41) is -1.01. The Labute approximate surface area is 110 Å². The summed E-state index contributed by atoms with van der Waals surface area (Å²) < 4.78 is 47.4. The zero-order valence-electron chi connectivity index (χ0n) is 11.0. The van der Waals surface area contributed by atoms with Crippen LogP contribution in [0.3, 0.4) is 0 Å². The molecule has 0 radical (unpaired) electrons. The molecule has 0 bridgehead atoms. The van der Waals surface area contributed by atoms with Crippen LogP contribution >= 0.6 is 0 Å². The lowest BCUT2D eigenvalue weighted by atomic mass is 10.00. The third-order valence-electron chi connectivity index (χ3n) is 3.61. The number of nitrogens with two attached hydrogens (primary N) is 1. The van der Waals surface area contributed by atoms with Crippen LogP contribution in [-0.2, 0) is 19.7 Å². The van der Waals surface area contributed by atoms with Gasteiger partial charge in [0.1, 0.15) is 9.84 Å². The van der Waals surface area contributed by atoms with Crippen LogP contribution in [0, 0.1) is 5.92 Å². The third-order valence-corrected chi connectivity index (χ3v) is 7.73. The van der Waals surface area contributed by atoms with Crippen molar-refractivity contribution < 1.29 is 16.8 Å². The van der Waals surface area contributed by atoms with Crippen molar-refractivity contribution in [2.24, 2.45) is 11.7 Å². The summed E-state index contributed by atoms with van der Waals surface area (Å²) in [4.78, 5) is 0. The molecule has 18 heavy (non-hydrogen) atoms. The average molecular weight is 297 g/mol. The second kappa shape index (κ2) is 5.88. The monoisotopic (exact) mass is 297 g/mol. The van der Waals surface area contributed by atoms with Crippen LogP contribution in [-0.4, -0.2) is 45.9 Å². The van der Waals surface area contributed by atoms with Gasteiger partial charge >= 0.3 is 0 Å². The second-order valence-corrected chi connectivity index (χ2v) is 10.1. The number of sulfone groups is 2. The van der Waals surface area contributed by atoms with Crippen LogP contribution in [0.2, 0.25) is 0 Å². The van der Waals surface area contributed by atoms with Crippen molar-refractivity contribution in [2.45, 2.75) is 43.1 Å². The van der Waals surface area contributed by atoms with E-state index in [9.17, 15) is 16.8 Å². The molecule has 0 amide bonds. The van der Waals surface area contributed by atoms with Gasteiger partial charge in [-0.2, -0.15) is 0 Å². The molecule has 0 heterocycles. The van der Waals surface area contributed by atoms with Crippen LogP contribution in [0.4, 0.5) is 0 Å². The Bertz CT molecular complexity index is 469. The summed E-state index contributed by atoms with van der Waals surface area (Å²) in [6.07, 6.45) is 3.26. The minimum atomic E-state index is -3.23. The lowest BCUT2D eigenvalue weighted by Gasteiger charge is -2.28. The molecule has 1 saturated carbocycles. The van der Waals surface area contributed by atoms with Gasteiger partial charge in [-0.05, 0) is 31.7 Å². The van der Waals surface area contributed by atoms with E-state index in [-0.39, 0.29) is 18.1 Å². The van der Waals surface area contributed by atoms with Crippen LogP contribution in [0.15, 0.2) is 0 Å². The summed E-state index contributed by atoms with van der Waals surface area (Å²) >= 11 is 0. The van der Waals surface area contributed by atoms with Gasteiger partial charge in [0.25, 0.3) is 0 Å². The quantitative estimate of drug-likeness (QED) is 0.790. The molecular weight excluding hydrogens is 274 g/mol. The highest BCUT2D eigenvalue weighted by atomic mass is 32.2. The number of rotatable bonds is 5. The summed E-state index contributed by atoms with van der Waals surface area (Å²) in [5.74, 6) is -0.0152. The van der Waals surface area contributed by atoms with E-state index in [1.165, 1.54) is 6.26 Å². The Morgan fingerprint density at radius 3 is 2.22 bits per heavy atom. The second-order valence-electron chi connectivity index (χ2n) is 5.41. The topological polar surface area (TPSA) is 94.3 Å². The minimum Gasteiger partial charge on any atom is -0.330 e. The van der Waals surface area contributed by atoms with Crippen molar-refractivity contribution in [3.8, 4) is 0 Å². The molecular formula is C11H23NO4S2. The van der Waals surface area contributed by atoms with Gasteiger partial charge in [0.05, 0.1) is 16.3 Å². The summed E-state index contributed by atoms with van der Waals surface area (Å²) in [6.45, 7) is 2.13. The Morgan fingerprint density at radius 2 is 1.72 bits per heavy atom. The van der Waals surface area contributed by atoms with Gasteiger partial charge in [-0.25, -0.2) is 16.8 Å². The largest absolute Gasteiger partial charge is 0.330 e. The summed E-state index contributed by atoms with van der Waals surface area (Å²) in [7, 11) is -6.37. The minimum absolute atomic E-state index is 0.0602. The molecule has 5 nitrogen and oxygen atoms in total. The molecule has 1 aliphatic carbocycles. The van der Waals surface area contributed by atoms with E-state index >= 15 is 0 Å². The Morgan fingerprint density at radius 1 is 1.17 bits per heavy atom. The van der Waals surface area contributed by atoms with E-state index in [1.54, 1.807) is 6.92 Å². The Balaban J connectivity index is 2.78. The normalized spacial score (nSPS) is 27.9. The maximum atomic E-state index is 12.2. The summed E-state index contributed by atoms with van der Waals surface area (Å²) in [6, 6.07) is 0. The first-order valence-corrected chi connectivity index (χ1v) is 9.94. The molecule has 0 aromatic heterocycles. The lowest BCUT2D eigenvalue weighted by molar-refractivity contribution is 0.469. The van der Waals surface area contributed by atoms with Crippen molar-refractivity contribution in [2.75, 3.05) is 18.6 Å². The first kappa shape index (κ1) is 15.9. The third kappa shape index (κ3) is 4.20. The van der Waals surface area contributed by atoms with Crippen molar-refractivity contribution in [1.29, 1.82) is 0 Å². The number of hydrogen-bond acceptors (Lipinski definition) is 5. The Kier molecular flexibility index (Phi) is 5.20. The van der Waals surface area contributed by atoms with E-state index in [2.05, 4.69) is 0 Å². The Hall–Kier alpha value is -0.140. The fourth-order valence-corrected chi connectivity index (χ4v) is 5.97. The molecule has 1 aliphatic rings. The zero-order chi connectivity index (χ0) is 14.0. The SMILES string of the molecule is CC(CN)CS(=O)(=O)C1CCCC(S(C)(=O)=O)C1. The van der Waals surface area contributed by atoms with Gasteiger partial charge in [-0.1, -0.05) is 13.3 Å². The van der Waals surface area contributed by atoms with Crippen LogP contribution in [0.1, 0.15) is 32.6 Å². The van der Waals surface area contributed by atoms with E-state index in [0.29, 0.717) is 25.8 Å². The van der Waals surface area contributed by atoms with Crippen LogP contribution in [0.25, 0.3) is 0 Å². The van der Waals surface area contributed by atoms with Crippen molar-refractivity contribution >= 4 is 19.7 Å². The standard InChI is InChI=1S/C11H23NO4S2/c1-9(7-12)8-18(15,16)11-5-3-4-10(6-11)17(2,13)14/h9-11H,3-8,12H2,1-2H3. The zero-order valence-corrected chi connectivity index (χ0v) is 12.6. The molecule has 2 N–H and O–H groups in total. The molecule has 108 valence electrons. The first-order valence-electron chi connectivity index (χ1n) is 6.27. The molecule has 3 unspecified atom stereocenters. The fraction of sp³-hybridized carbons (Fsp3) is 1.00. The first-order chi connectivity index (χ1) is 8.16. The average Bonchev–Trinajstić information content (AvgIpc) is 2.27. The van der Waals surface area contributed by atoms with E-state index in [0.717, 1.165) is 0 Å². The molecule has 1 fully saturated rings. The van der Waals surface area contributed by atoms with Crippen molar-refractivity contribution in [3.63, 3.8) is 0 Å². The van der Waals surface area contributed by atoms with Gasteiger partial charge in [-0.15, -0.1) is 0 Å². The van der Waals surface area contributed by atoms with Crippen LogP contribution in [0.5, 0.6) is 0 Å². The molecule has 1 rings (SSSR count). The van der Waals surface area contributed by atoms with E-state index < -0.39 is 30.2 Å². The predicted octanol–water partition coefficient (Wildman–Crippen LogP) is 0.352. The van der Waals surface area contributed by atoms with Gasteiger partial charge in [-0.3, -0.25) is 0 Å². The van der Waals surface area contributed by atoms with Crippen LogP contribution < -0.4 is 5.73 Å². The van der Waals surface area contributed by atoms with Gasteiger partial charge in [0, 0.05) is 6.26 Å².